The normalized spacial score (nSPS) is 12.1. The van der Waals surface area contributed by atoms with Crippen molar-refractivity contribution in [2.75, 3.05) is 33.4 Å². The summed E-state index contributed by atoms with van der Waals surface area (Å²) in [5.74, 6) is -0.455. The van der Waals surface area contributed by atoms with Crippen molar-refractivity contribution in [1.82, 2.24) is 5.32 Å². The van der Waals surface area contributed by atoms with Gasteiger partial charge in [0.2, 0.25) is 0 Å². The summed E-state index contributed by atoms with van der Waals surface area (Å²) in [7, 11) is 1.43. The van der Waals surface area contributed by atoms with Crippen LogP contribution in [0.5, 0.6) is 0 Å². The first-order valence-electron chi connectivity index (χ1n) is 7.20. The van der Waals surface area contributed by atoms with Crippen molar-refractivity contribution in [3.8, 4) is 0 Å². The van der Waals surface area contributed by atoms with Crippen LogP contribution < -0.4 is 5.32 Å². The topological polar surface area (TPSA) is 47.6 Å². The van der Waals surface area contributed by atoms with Crippen LogP contribution in [0.15, 0.2) is 30.3 Å². The zero-order chi connectivity index (χ0) is 14.6. The van der Waals surface area contributed by atoms with Crippen LogP contribution >= 0.6 is 0 Å². The van der Waals surface area contributed by atoms with Gasteiger partial charge >= 0.3 is 5.97 Å². The van der Waals surface area contributed by atoms with Gasteiger partial charge < -0.3 is 14.8 Å². The fourth-order valence-electron chi connectivity index (χ4n) is 1.96. The van der Waals surface area contributed by atoms with Crippen molar-refractivity contribution in [2.24, 2.45) is 0 Å². The molecular weight excluding hydrogens is 254 g/mol. The third kappa shape index (κ3) is 6.17. The van der Waals surface area contributed by atoms with Crippen molar-refractivity contribution >= 4 is 5.97 Å². The molecule has 1 unspecified atom stereocenters. The fraction of sp³-hybridized carbons (Fsp3) is 0.562. The first-order chi connectivity index (χ1) is 9.79. The maximum absolute atomic E-state index is 11.8. The predicted octanol–water partition coefficient (Wildman–Crippen LogP) is 2.35. The molecule has 0 spiro atoms. The summed E-state index contributed by atoms with van der Waals surface area (Å²) >= 11 is 0. The van der Waals surface area contributed by atoms with Gasteiger partial charge in [-0.15, -0.1) is 0 Å². The maximum Gasteiger partial charge on any atom is 0.314 e. The number of hydrogen-bond acceptors (Lipinski definition) is 4. The molecule has 0 aliphatic rings. The number of benzene rings is 1. The molecule has 0 amide bonds. The van der Waals surface area contributed by atoms with Crippen molar-refractivity contribution in [2.45, 2.75) is 25.7 Å². The number of carbonyl (C=O) groups is 1. The van der Waals surface area contributed by atoms with Crippen LogP contribution in [0.1, 0.15) is 31.2 Å². The summed E-state index contributed by atoms with van der Waals surface area (Å²) in [6.07, 6.45) is 1.99. The highest BCUT2D eigenvalue weighted by Gasteiger charge is 2.20. The van der Waals surface area contributed by atoms with E-state index in [0.717, 1.165) is 38.2 Å². The molecule has 0 aliphatic heterocycles. The van der Waals surface area contributed by atoms with Crippen LogP contribution in [-0.2, 0) is 14.3 Å². The Kier molecular flexibility index (Phi) is 8.67. The molecule has 4 nitrogen and oxygen atoms in total. The molecule has 1 aromatic rings. The molecule has 1 atom stereocenters. The van der Waals surface area contributed by atoms with E-state index in [2.05, 4.69) is 12.2 Å². The molecule has 0 bridgehead atoms. The second-order valence-electron chi connectivity index (χ2n) is 4.66. The van der Waals surface area contributed by atoms with Gasteiger partial charge in [-0.3, -0.25) is 4.79 Å². The lowest BCUT2D eigenvalue weighted by Crippen LogP contribution is -2.29. The molecular formula is C16H25NO3. The van der Waals surface area contributed by atoms with Crippen LogP contribution in [0.25, 0.3) is 0 Å². The highest BCUT2D eigenvalue weighted by molar-refractivity contribution is 5.78. The molecule has 0 saturated carbocycles. The highest BCUT2D eigenvalue weighted by atomic mass is 16.5. The van der Waals surface area contributed by atoms with Gasteiger partial charge in [-0.2, -0.15) is 0 Å². The molecule has 0 fully saturated rings. The zero-order valence-electron chi connectivity index (χ0n) is 12.4. The van der Waals surface area contributed by atoms with E-state index in [1.807, 2.05) is 30.3 Å². The SMILES string of the molecule is CCCOCCCNCC(C(=O)OC)c1ccccc1. The van der Waals surface area contributed by atoms with Crippen LogP contribution in [0.2, 0.25) is 0 Å². The van der Waals surface area contributed by atoms with E-state index in [-0.39, 0.29) is 11.9 Å². The Morgan fingerprint density at radius 3 is 2.65 bits per heavy atom. The van der Waals surface area contributed by atoms with Gasteiger partial charge in [0.15, 0.2) is 0 Å². The Balaban J connectivity index is 2.34. The smallest absolute Gasteiger partial charge is 0.314 e. The summed E-state index contributed by atoms with van der Waals surface area (Å²) in [6, 6.07) is 9.71. The molecule has 0 heterocycles. The van der Waals surface area contributed by atoms with Crippen molar-refractivity contribution in [3.63, 3.8) is 0 Å². The lowest BCUT2D eigenvalue weighted by Gasteiger charge is -2.15. The van der Waals surface area contributed by atoms with Crippen molar-refractivity contribution in [3.05, 3.63) is 35.9 Å². The molecule has 0 radical (unpaired) electrons. The summed E-state index contributed by atoms with van der Waals surface area (Å²) < 4.78 is 10.3. The Morgan fingerprint density at radius 1 is 1.25 bits per heavy atom. The van der Waals surface area contributed by atoms with E-state index in [1.54, 1.807) is 0 Å². The Labute approximate surface area is 121 Å². The average Bonchev–Trinajstić information content (AvgIpc) is 2.50. The van der Waals surface area contributed by atoms with Gasteiger partial charge in [0.1, 0.15) is 0 Å². The number of hydrogen-bond donors (Lipinski definition) is 1. The van der Waals surface area contributed by atoms with Gasteiger partial charge in [0.25, 0.3) is 0 Å². The molecule has 1 N–H and O–H groups in total. The Hall–Kier alpha value is -1.39. The average molecular weight is 279 g/mol. The molecule has 0 saturated heterocycles. The van der Waals surface area contributed by atoms with Gasteiger partial charge in [0, 0.05) is 19.8 Å². The Bertz CT molecular complexity index is 367. The molecule has 0 aromatic heterocycles. The lowest BCUT2D eigenvalue weighted by molar-refractivity contribution is -0.142. The predicted molar refractivity (Wildman–Crippen MR) is 79.8 cm³/mol. The summed E-state index contributed by atoms with van der Waals surface area (Å²) in [4.78, 5) is 11.8. The third-order valence-electron chi connectivity index (χ3n) is 3.03. The van der Waals surface area contributed by atoms with Gasteiger partial charge in [0.05, 0.1) is 13.0 Å². The molecule has 4 heteroatoms. The largest absolute Gasteiger partial charge is 0.469 e. The lowest BCUT2D eigenvalue weighted by atomic mass is 9.99. The van der Waals surface area contributed by atoms with E-state index in [9.17, 15) is 4.79 Å². The minimum atomic E-state index is -0.252. The Morgan fingerprint density at radius 2 is 2.00 bits per heavy atom. The van der Waals surface area contributed by atoms with Crippen LogP contribution in [-0.4, -0.2) is 39.4 Å². The zero-order valence-corrected chi connectivity index (χ0v) is 12.4. The van der Waals surface area contributed by atoms with Crippen LogP contribution in [0.3, 0.4) is 0 Å². The minimum Gasteiger partial charge on any atom is -0.469 e. The van der Waals surface area contributed by atoms with E-state index < -0.39 is 0 Å². The number of nitrogens with one attached hydrogen (secondary N) is 1. The molecule has 1 rings (SSSR count). The quantitative estimate of drug-likeness (QED) is 0.527. The summed E-state index contributed by atoms with van der Waals surface area (Å²) in [5.41, 5.74) is 0.981. The van der Waals surface area contributed by atoms with Gasteiger partial charge in [-0.25, -0.2) is 0 Å². The first-order valence-corrected chi connectivity index (χ1v) is 7.20. The maximum atomic E-state index is 11.8. The van der Waals surface area contributed by atoms with Crippen molar-refractivity contribution < 1.29 is 14.3 Å². The first kappa shape index (κ1) is 16.7. The van der Waals surface area contributed by atoms with E-state index in [4.69, 9.17) is 9.47 Å². The minimum absolute atomic E-state index is 0.203. The third-order valence-corrected chi connectivity index (χ3v) is 3.03. The number of methoxy groups -OCH3 is 1. The molecule has 1 aromatic carbocycles. The van der Waals surface area contributed by atoms with Gasteiger partial charge in [-0.1, -0.05) is 37.3 Å². The van der Waals surface area contributed by atoms with E-state index in [0.29, 0.717) is 6.54 Å². The van der Waals surface area contributed by atoms with Gasteiger partial charge in [-0.05, 0) is 24.9 Å². The molecule has 20 heavy (non-hydrogen) atoms. The molecule has 0 aliphatic carbocycles. The van der Waals surface area contributed by atoms with Crippen molar-refractivity contribution in [1.29, 1.82) is 0 Å². The van der Waals surface area contributed by atoms with Crippen LogP contribution in [0.4, 0.5) is 0 Å². The standard InChI is InChI=1S/C16H25NO3/c1-3-11-20-12-7-10-17-13-15(16(18)19-2)14-8-5-4-6-9-14/h4-6,8-9,15,17H,3,7,10-13H2,1-2H3. The second-order valence-corrected chi connectivity index (χ2v) is 4.66. The number of carbonyl (C=O) groups excluding carboxylic acids is 1. The van der Waals surface area contributed by atoms with Crippen LogP contribution in [0, 0.1) is 0 Å². The van der Waals surface area contributed by atoms with E-state index in [1.165, 1.54) is 7.11 Å². The highest BCUT2D eigenvalue weighted by Crippen LogP contribution is 2.16. The summed E-state index contributed by atoms with van der Waals surface area (Å²) in [5, 5.41) is 3.30. The summed E-state index contributed by atoms with van der Waals surface area (Å²) in [6.45, 7) is 5.09. The number of esters is 1. The second kappa shape index (κ2) is 10.4. The number of ether oxygens (including phenoxy) is 2. The monoisotopic (exact) mass is 279 g/mol. The molecule has 112 valence electrons. The van der Waals surface area contributed by atoms with E-state index >= 15 is 0 Å². The number of rotatable bonds is 10. The fourth-order valence-corrected chi connectivity index (χ4v) is 1.96.